The fraction of sp³-hybridized carbons (Fsp3) is 0.684. The van der Waals surface area contributed by atoms with Crippen LogP contribution in [-0.2, 0) is 6.54 Å². The summed E-state index contributed by atoms with van der Waals surface area (Å²) in [5.74, 6) is 1.86. The van der Waals surface area contributed by atoms with Crippen molar-refractivity contribution in [1.29, 1.82) is 0 Å². The number of ether oxygens (including phenoxy) is 1. The summed E-state index contributed by atoms with van der Waals surface area (Å²) in [7, 11) is 0. The first kappa shape index (κ1) is 16.4. The van der Waals surface area contributed by atoms with E-state index in [1.54, 1.807) is 0 Å². The molecule has 1 fully saturated rings. The second-order valence-corrected chi connectivity index (χ2v) is 6.41. The number of hydrogen-bond acceptors (Lipinski definition) is 2. The van der Waals surface area contributed by atoms with Crippen molar-refractivity contribution in [2.45, 2.75) is 71.4 Å². The van der Waals surface area contributed by atoms with Crippen LogP contribution < -0.4 is 10.1 Å². The van der Waals surface area contributed by atoms with E-state index in [2.05, 4.69) is 43.4 Å². The second-order valence-electron chi connectivity index (χ2n) is 6.41. The Morgan fingerprint density at radius 2 is 1.86 bits per heavy atom. The van der Waals surface area contributed by atoms with Crippen molar-refractivity contribution < 1.29 is 4.74 Å². The van der Waals surface area contributed by atoms with E-state index in [0.29, 0.717) is 6.04 Å². The molecule has 1 saturated carbocycles. The lowest BCUT2D eigenvalue weighted by Crippen LogP contribution is -2.34. The van der Waals surface area contributed by atoms with E-state index in [1.807, 2.05) is 0 Å². The lowest BCUT2D eigenvalue weighted by atomic mass is 9.84. The molecule has 2 rings (SSSR count). The minimum atomic E-state index is 0.630. The van der Waals surface area contributed by atoms with Crippen molar-refractivity contribution in [3.05, 3.63) is 29.8 Å². The Balaban J connectivity index is 1.72. The third-order valence-electron chi connectivity index (χ3n) is 4.68. The maximum atomic E-state index is 5.70. The molecule has 0 aliphatic heterocycles. The number of benzene rings is 1. The molecule has 0 spiro atoms. The third-order valence-corrected chi connectivity index (χ3v) is 4.68. The summed E-state index contributed by atoms with van der Waals surface area (Å²) in [6.07, 6.45) is 9.38. The van der Waals surface area contributed by atoms with Crippen molar-refractivity contribution in [3.8, 4) is 5.75 Å². The van der Waals surface area contributed by atoms with Gasteiger partial charge in [0.05, 0.1) is 6.61 Å². The fourth-order valence-electron chi connectivity index (χ4n) is 3.12. The maximum Gasteiger partial charge on any atom is 0.119 e. The van der Waals surface area contributed by atoms with Gasteiger partial charge >= 0.3 is 0 Å². The van der Waals surface area contributed by atoms with Crippen LogP contribution in [-0.4, -0.2) is 12.6 Å². The highest BCUT2D eigenvalue weighted by Crippen LogP contribution is 2.26. The molecular weight excluding hydrogens is 258 g/mol. The molecule has 1 aliphatic carbocycles. The predicted octanol–water partition coefficient (Wildman–Crippen LogP) is 4.92. The summed E-state index contributed by atoms with van der Waals surface area (Å²) in [5, 5.41) is 3.70. The van der Waals surface area contributed by atoms with Gasteiger partial charge in [0.15, 0.2) is 0 Å². The van der Waals surface area contributed by atoms with E-state index in [4.69, 9.17) is 4.74 Å². The van der Waals surface area contributed by atoms with Crippen LogP contribution in [0.3, 0.4) is 0 Å². The standard InChI is InChI=1S/C19H31NO/c1-3-4-14-21-19-12-10-17(11-13-19)15-20-16(2)18-8-6-5-7-9-18/h10-13,16,18,20H,3-9,14-15H2,1-2H3/t16-/m1/s1. The van der Waals surface area contributed by atoms with Gasteiger partial charge in [-0.3, -0.25) is 0 Å². The number of hydrogen-bond donors (Lipinski definition) is 1. The number of unbranched alkanes of at least 4 members (excludes halogenated alkanes) is 1. The van der Waals surface area contributed by atoms with Crippen LogP contribution >= 0.6 is 0 Å². The van der Waals surface area contributed by atoms with Crippen molar-refractivity contribution >= 4 is 0 Å². The molecule has 1 aromatic rings. The first-order chi connectivity index (χ1) is 10.3. The summed E-state index contributed by atoms with van der Waals surface area (Å²) in [4.78, 5) is 0. The van der Waals surface area contributed by atoms with Crippen LogP contribution in [0.2, 0.25) is 0 Å². The first-order valence-corrected chi connectivity index (χ1v) is 8.74. The minimum absolute atomic E-state index is 0.630. The average molecular weight is 289 g/mol. The molecule has 0 radical (unpaired) electrons. The summed E-state index contributed by atoms with van der Waals surface area (Å²) in [6, 6.07) is 9.19. The van der Waals surface area contributed by atoms with Crippen LogP contribution in [0.5, 0.6) is 5.75 Å². The Morgan fingerprint density at radius 3 is 2.52 bits per heavy atom. The molecule has 1 N–H and O–H groups in total. The van der Waals surface area contributed by atoms with Gasteiger partial charge in [0.1, 0.15) is 5.75 Å². The zero-order valence-electron chi connectivity index (χ0n) is 13.7. The van der Waals surface area contributed by atoms with E-state index in [0.717, 1.165) is 31.2 Å². The molecule has 0 bridgehead atoms. The average Bonchev–Trinajstić information content (AvgIpc) is 2.55. The zero-order valence-corrected chi connectivity index (χ0v) is 13.7. The quantitative estimate of drug-likeness (QED) is 0.686. The van der Waals surface area contributed by atoms with Gasteiger partial charge in [-0.15, -0.1) is 0 Å². The first-order valence-electron chi connectivity index (χ1n) is 8.74. The van der Waals surface area contributed by atoms with Crippen molar-refractivity contribution in [1.82, 2.24) is 5.32 Å². The highest BCUT2D eigenvalue weighted by atomic mass is 16.5. The van der Waals surface area contributed by atoms with Crippen LogP contribution in [0.4, 0.5) is 0 Å². The van der Waals surface area contributed by atoms with Gasteiger partial charge < -0.3 is 10.1 Å². The molecular formula is C19H31NO. The molecule has 0 amide bonds. The van der Waals surface area contributed by atoms with Gasteiger partial charge in [-0.25, -0.2) is 0 Å². The Morgan fingerprint density at radius 1 is 1.14 bits per heavy atom. The summed E-state index contributed by atoms with van der Waals surface area (Å²) < 4.78 is 5.70. The topological polar surface area (TPSA) is 21.3 Å². The highest BCUT2D eigenvalue weighted by molar-refractivity contribution is 5.27. The summed E-state index contributed by atoms with van der Waals surface area (Å²) in [5.41, 5.74) is 1.35. The van der Waals surface area contributed by atoms with Crippen molar-refractivity contribution in [3.63, 3.8) is 0 Å². The van der Waals surface area contributed by atoms with Gasteiger partial charge in [-0.05, 0) is 49.8 Å². The summed E-state index contributed by atoms with van der Waals surface area (Å²) in [6.45, 7) is 6.32. The molecule has 2 heteroatoms. The highest BCUT2D eigenvalue weighted by Gasteiger charge is 2.19. The van der Waals surface area contributed by atoms with Crippen LogP contribution in [0, 0.1) is 5.92 Å². The zero-order chi connectivity index (χ0) is 14.9. The van der Waals surface area contributed by atoms with Crippen LogP contribution in [0.15, 0.2) is 24.3 Å². The largest absolute Gasteiger partial charge is 0.494 e. The molecule has 118 valence electrons. The number of nitrogens with one attached hydrogen (secondary N) is 1. The maximum absolute atomic E-state index is 5.70. The van der Waals surface area contributed by atoms with E-state index < -0.39 is 0 Å². The SMILES string of the molecule is CCCCOc1ccc(CN[C@H](C)C2CCCCC2)cc1. The second kappa shape index (κ2) is 9.09. The normalized spacial score (nSPS) is 17.6. The van der Waals surface area contributed by atoms with Gasteiger partial charge in [-0.1, -0.05) is 44.7 Å². The van der Waals surface area contributed by atoms with E-state index in [9.17, 15) is 0 Å². The predicted molar refractivity (Wildman–Crippen MR) is 89.7 cm³/mol. The molecule has 21 heavy (non-hydrogen) atoms. The lowest BCUT2D eigenvalue weighted by molar-refractivity contribution is 0.280. The van der Waals surface area contributed by atoms with Crippen LogP contribution in [0.1, 0.15) is 64.4 Å². The fourth-order valence-corrected chi connectivity index (χ4v) is 3.12. The molecule has 2 nitrogen and oxygen atoms in total. The van der Waals surface area contributed by atoms with E-state index >= 15 is 0 Å². The smallest absolute Gasteiger partial charge is 0.119 e. The molecule has 0 heterocycles. The number of rotatable bonds is 8. The monoisotopic (exact) mass is 289 g/mol. The molecule has 0 saturated heterocycles. The minimum Gasteiger partial charge on any atom is -0.494 e. The van der Waals surface area contributed by atoms with Crippen molar-refractivity contribution in [2.24, 2.45) is 5.92 Å². The van der Waals surface area contributed by atoms with Gasteiger partial charge in [0, 0.05) is 12.6 Å². The Bertz CT molecular complexity index is 381. The molecule has 1 aliphatic rings. The molecule has 0 aromatic heterocycles. The van der Waals surface area contributed by atoms with Gasteiger partial charge in [0.25, 0.3) is 0 Å². The Kier molecular flexibility index (Phi) is 7.08. The molecule has 1 atom stereocenters. The van der Waals surface area contributed by atoms with E-state index in [1.165, 1.54) is 44.1 Å². The van der Waals surface area contributed by atoms with Crippen molar-refractivity contribution in [2.75, 3.05) is 6.61 Å². The van der Waals surface area contributed by atoms with E-state index in [-0.39, 0.29) is 0 Å². The lowest BCUT2D eigenvalue weighted by Gasteiger charge is -2.28. The molecule has 1 aromatic carbocycles. The Hall–Kier alpha value is -1.02. The van der Waals surface area contributed by atoms with Crippen LogP contribution in [0.25, 0.3) is 0 Å². The van der Waals surface area contributed by atoms with Gasteiger partial charge in [-0.2, -0.15) is 0 Å². The Labute approximate surface area is 130 Å². The third kappa shape index (κ3) is 5.70. The summed E-state index contributed by atoms with van der Waals surface area (Å²) >= 11 is 0. The van der Waals surface area contributed by atoms with Gasteiger partial charge in [0.2, 0.25) is 0 Å². The molecule has 0 unspecified atom stereocenters.